The fraction of sp³-hybridized carbons (Fsp3) is 0.909. The first-order valence-electron chi connectivity index (χ1n) is 5.40. The molecule has 0 radical (unpaired) electrons. The number of carbonyl (C=O) groups is 1. The molecule has 0 amide bonds. The fourth-order valence-electron chi connectivity index (χ4n) is 1.74. The van der Waals surface area contributed by atoms with Gasteiger partial charge in [0.25, 0.3) is 0 Å². The Kier molecular flexibility index (Phi) is 3.33. The number of ether oxygens (including phenoxy) is 1. The van der Waals surface area contributed by atoms with E-state index in [2.05, 4.69) is 0 Å². The van der Waals surface area contributed by atoms with Crippen LogP contribution in [0.15, 0.2) is 0 Å². The third-order valence-corrected chi connectivity index (χ3v) is 3.53. The molecule has 7 heteroatoms. The van der Waals surface area contributed by atoms with Crippen molar-refractivity contribution in [3.63, 3.8) is 0 Å². The van der Waals surface area contributed by atoms with E-state index in [1.54, 1.807) is 0 Å². The molecule has 1 aliphatic rings. The Morgan fingerprint density at radius 2 is 1.78 bits per heavy atom. The summed E-state index contributed by atoms with van der Waals surface area (Å²) in [5.74, 6) is -9.08. The van der Waals surface area contributed by atoms with Crippen LogP contribution in [0.4, 0.5) is 17.6 Å². The van der Waals surface area contributed by atoms with Gasteiger partial charge in [0.1, 0.15) is 5.60 Å². The zero-order chi connectivity index (χ0) is 14.6. The van der Waals surface area contributed by atoms with Crippen LogP contribution in [0.1, 0.15) is 34.1 Å². The maximum absolute atomic E-state index is 13.3. The van der Waals surface area contributed by atoms with Crippen LogP contribution in [0.25, 0.3) is 0 Å². The van der Waals surface area contributed by atoms with Gasteiger partial charge in [-0.05, 0) is 12.3 Å². The molecule has 1 rings (SSSR count). The predicted molar refractivity (Wildman–Crippen MR) is 54.5 cm³/mol. The smallest absolute Gasteiger partial charge is 0.360 e. The van der Waals surface area contributed by atoms with Crippen molar-refractivity contribution in [2.75, 3.05) is 0 Å². The Hall–Kier alpha value is -0.690. The SMILES string of the molecule is CC(C)(C)[C@]1(C)O[C@@](O)(C(F)(F)C(F)F)CC1=O. The van der Waals surface area contributed by atoms with E-state index < -0.39 is 41.4 Å². The molecule has 3 nitrogen and oxygen atoms in total. The number of hydrogen-bond donors (Lipinski definition) is 1. The summed E-state index contributed by atoms with van der Waals surface area (Å²) < 4.78 is 55.8. The number of halogens is 4. The van der Waals surface area contributed by atoms with Crippen molar-refractivity contribution in [2.45, 2.75) is 57.9 Å². The van der Waals surface area contributed by atoms with Gasteiger partial charge >= 0.3 is 12.3 Å². The third-order valence-electron chi connectivity index (χ3n) is 3.53. The summed E-state index contributed by atoms with van der Waals surface area (Å²) in [7, 11) is 0. The van der Waals surface area contributed by atoms with Gasteiger partial charge in [0.2, 0.25) is 5.79 Å². The van der Waals surface area contributed by atoms with Crippen LogP contribution in [0.2, 0.25) is 0 Å². The van der Waals surface area contributed by atoms with Crippen LogP contribution >= 0.6 is 0 Å². The maximum atomic E-state index is 13.3. The Morgan fingerprint density at radius 1 is 1.33 bits per heavy atom. The number of alkyl halides is 4. The van der Waals surface area contributed by atoms with Crippen molar-refractivity contribution in [1.82, 2.24) is 0 Å². The van der Waals surface area contributed by atoms with Gasteiger partial charge in [-0.1, -0.05) is 20.8 Å². The van der Waals surface area contributed by atoms with Gasteiger partial charge in [-0.2, -0.15) is 8.78 Å². The van der Waals surface area contributed by atoms with E-state index in [1.165, 1.54) is 27.7 Å². The van der Waals surface area contributed by atoms with Gasteiger partial charge in [0.05, 0.1) is 6.42 Å². The van der Waals surface area contributed by atoms with Crippen LogP contribution in [-0.4, -0.2) is 34.6 Å². The predicted octanol–water partition coefficient (Wildman–Crippen LogP) is 2.37. The van der Waals surface area contributed by atoms with Crippen molar-refractivity contribution in [3.8, 4) is 0 Å². The Bertz CT molecular complexity index is 364. The van der Waals surface area contributed by atoms with Crippen molar-refractivity contribution in [2.24, 2.45) is 5.41 Å². The van der Waals surface area contributed by atoms with E-state index in [-0.39, 0.29) is 0 Å². The highest BCUT2D eigenvalue weighted by atomic mass is 19.3. The zero-order valence-electron chi connectivity index (χ0n) is 10.6. The molecular weight excluding hydrogens is 256 g/mol. The Morgan fingerprint density at radius 3 is 2.06 bits per heavy atom. The molecule has 1 aliphatic heterocycles. The highest BCUT2D eigenvalue weighted by Crippen LogP contribution is 2.51. The number of hydrogen-bond acceptors (Lipinski definition) is 3. The summed E-state index contributed by atoms with van der Waals surface area (Å²) in [4.78, 5) is 11.8. The minimum Gasteiger partial charge on any atom is -0.360 e. The standard InChI is InChI=1S/C11H16F4O3/c1-8(2,3)9(4)6(16)5-10(17,18-9)11(14,15)7(12)13/h7,17H,5H2,1-4H3/t9-,10-/m1/s1. The van der Waals surface area contributed by atoms with E-state index >= 15 is 0 Å². The second kappa shape index (κ2) is 3.90. The first-order valence-corrected chi connectivity index (χ1v) is 5.40. The van der Waals surface area contributed by atoms with Crippen LogP contribution in [0.3, 0.4) is 0 Å². The first-order chi connectivity index (χ1) is 7.78. The van der Waals surface area contributed by atoms with Gasteiger partial charge in [0.15, 0.2) is 5.78 Å². The molecule has 1 saturated heterocycles. The van der Waals surface area contributed by atoms with E-state index in [0.717, 1.165) is 0 Å². The molecule has 0 aliphatic carbocycles. The molecule has 0 bridgehead atoms. The molecule has 1 N–H and O–H groups in total. The van der Waals surface area contributed by atoms with E-state index in [0.29, 0.717) is 0 Å². The molecule has 106 valence electrons. The first kappa shape index (κ1) is 15.4. The molecular formula is C11H16F4O3. The summed E-state index contributed by atoms with van der Waals surface area (Å²) in [6, 6.07) is 0. The molecule has 2 atom stereocenters. The lowest BCUT2D eigenvalue weighted by Gasteiger charge is -2.39. The van der Waals surface area contributed by atoms with Crippen LogP contribution in [0, 0.1) is 5.41 Å². The molecule has 1 heterocycles. The second-order valence-electron chi connectivity index (χ2n) is 5.69. The summed E-state index contributed by atoms with van der Waals surface area (Å²) in [5.41, 5.74) is -2.65. The van der Waals surface area contributed by atoms with Crippen LogP contribution in [0.5, 0.6) is 0 Å². The van der Waals surface area contributed by atoms with Gasteiger partial charge in [-0.3, -0.25) is 4.79 Å². The Balaban J connectivity index is 3.18. The summed E-state index contributed by atoms with van der Waals surface area (Å²) in [5, 5.41) is 9.59. The molecule has 0 spiro atoms. The number of carbonyl (C=O) groups excluding carboxylic acids is 1. The summed E-state index contributed by atoms with van der Waals surface area (Å²) in [6.07, 6.45) is -5.27. The van der Waals surface area contributed by atoms with Gasteiger partial charge in [0, 0.05) is 0 Å². The van der Waals surface area contributed by atoms with Crippen molar-refractivity contribution in [3.05, 3.63) is 0 Å². The maximum Gasteiger partial charge on any atom is 0.360 e. The molecule has 1 fully saturated rings. The number of ketones is 1. The highest BCUT2D eigenvalue weighted by molar-refractivity contribution is 5.90. The largest absolute Gasteiger partial charge is 0.360 e. The van der Waals surface area contributed by atoms with Gasteiger partial charge in [-0.25, -0.2) is 8.78 Å². The normalized spacial score (nSPS) is 34.4. The molecule has 18 heavy (non-hydrogen) atoms. The lowest BCUT2D eigenvalue weighted by Crippen LogP contribution is -2.55. The lowest BCUT2D eigenvalue weighted by atomic mass is 9.75. The third kappa shape index (κ3) is 1.93. The molecule has 0 aromatic heterocycles. The molecule has 0 aromatic rings. The monoisotopic (exact) mass is 272 g/mol. The minimum absolute atomic E-state index is 0.821. The second-order valence-corrected chi connectivity index (χ2v) is 5.69. The van der Waals surface area contributed by atoms with Crippen molar-refractivity contribution >= 4 is 5.78 Å². The van der Waals surface area contributed by atoms with Crippen LogP contribution in [-0.2, 0) is 9.53 Å². The van der Waals surface area contributed by atoms with Crippen LogP contribution < -0.4 is 0 Å². The number of aliphatic hydroxyl groups is 1. The topological polar surface area (TPSA) is 46.5 Å². The number of Topliss-reactive ketones (excluding diaryl/α,β-unsaturated/α-hetero) is 1. The molecule has 0 saturated carbocycles. The van der Waals surface area contributed by atoms with Crippen molar-refractivity contribution in [1.29, 1.82) is 0 Å². The van der Waals surface area contributed by atoms with E-state index in [4.69, 9.17) is 4.74 Å². The summed E-state index contributed by atoms with van der Waals surface area (Å²) in [6.45, 7) is 5.83. The molecule has 0 aromatic carbocycles. The van der Waals surface area contributed by atoms with E-state index in [1.807, 2.05) is 0 Å². The van der Waals surface area contributed by atoms with Crippen molar-refractivity contribution < 1.29 is 32.2 Å². The fourth-order valence-corrected chi connectivity index (χ4v) is 1.74. The quantitative estimate of drug-likeness (QED) is 0.785. The Labute approximate surface area is 102 Å². The lowest BCUT2D eigenvalue weighted by molar-refractivity contribution is -0.358. The average molecular weight is 272 g/mol. The number of rotatable bonds is 2. The van der Waals surface area contributed by atoms with Gasteiger partial charge < -0.3 is 9.84 Å². The summed E-state index contributed by atoms with van der Waals surface area (Å²) >= 11 is 0. The van der Waals surface area contributed by atoms with Gasteiger partial charge in [-0.15, -0.1) is 0 Å². The van der Waals surface area contributed by atoms with E-state index in [9.17, 15) is 27.5 Å². The molecule has 0 unspecified atom stereocenters. The average Bonchev–Trinajstić information content (AvgIpc) is 2.38. The minimum atomic E-state index is -4.80. The zero-order valence-corrected chi connectivity index (χ0v) is 10.6. The highest BCUT2D eigenvalue weighted by Gasteiger charge is 2.70.